The van der Waals surface area contributed by atoms with E-state index in [2.05, 4.69) is 26.6 Å². The van der Waals surface area contributed by atoms with Crippen molar-refractivity contribution in [3.8, 4) is 5.75 Å². The minimum atomic E-state index is -0.784. The number of rotatable bonds is 9. The van der Waals surface area contributed by atoms with Gasteiger partial charge in [0.1, 0.15) is 11.8 Å². The second-order valence-corrected chi connectivity index (χ2v) is 8.62. The first kappa shape index (κ1) is 24.7. The summed E-state index contributed by atoms with van der Waals surface area (Å²) in [5.41, 5.74) is 1.22. The first-order valence-electron chi connectivity index (χ1n) is 10.5. The van der Waals surface area contributed by atoms with Crippen LogP contribution in [0.1, 0.15) is 20.3 Å². The molecule has 1 aliphatic rings. The molecule has 1 atom stereocenters. The summed E-state index contributed by atoms with van der Waals surface area (Å²) in [6, 6.07) is 13.4. The van der Waals surface area contributed by atoms with Gasteiger partial charge in [0.05, 0.1) is 18.7 Å². The molecule has 1 saturated heterocycles. The minimum Gasteiger partial charge on any atom is -0.494 e. The van der Waals surface area contributed by atoms with E-state index >= 15 is 0 Å². The fourth-order valence-corrected chi connectivity index (χ4v) is 4.13. The lowest BCUT2D eigenvalue weighted by Crippen LogP contribution is -2.42. The Morgan fingerprint density at radius 3 is 2.39 bits per heavy atom. The molecule has 3 rings (SSSR count). The highest BCUT2D eigenvalue weighted by Crippen LogP contribution is 2.29. The predicted octanol–water partition coefficient (Wildman–Crippen LogP) is 3.31. The molecule has 2 aromatic rings. The van der Waals surface area contributed by atoms with Crippen LogP contribution in [0, 0.1) is 0 Å². The van der Waals surface area contributed by atoms with Gasteiger partial charge in [-0.15, -0.1) is 0 Å². The third-order valence-electron chi connectivity index (χ3n) is 4.96. The summed E-state index contributed by atoms with van der Waals surface area (Å²) in [4.78, 5) is 40.5. The molecule has 1 heterocycles. The second-order valence-electron chi connectivity index (χ2n) is 7.33. The smallest absolute Gasteiger partial charge is 0.256 e. The van der Waals surface area contributed by atoms with Crippen LogP contribution in [0.5, 0.6) is 5.75 Å². The van der Waals surface area contributed by atoms with Crippen LogP contribution in [0.25, 0.3) is 0 Å². The van der Waals surface area contributed by atoms with Crippen LogP contribution in [0.4, 0.5) is 11.4 Å². The normalized spacial score (nSPS) is 15.5. The Morgan fingerprint density at radius 2 is 1.79 bits per heavy atom. The molecule has 2 aromatic carbocycles. The van der Waals surface area contributed by atoms with Gasteiger partial charge >= 0.3 is 0 Å². The van der Waals surface area contributed by atoms with Gasteiger partial charge in [0.2, 0.25) is 11.8 Å². The molecule has 0 saturated carbocycles. The Labute approximate surface area is 206 Å². The van der Waals surface area contributed by atoms with Crippen molar-refractivity contribution < 1.29 is 19.1 Å². The number of carbonyl (C=O) groups excluding carboxylic acids is 3. The van der Waals surface area contributed by atoms with Gasteiger partial charge in [-0.25, -0.2) is 0 Å². The van der Waals surface area contributed by atoms with E-state index in [0.29, 0.717) is 36.8 Å². The molecule has 1 aliphatic heterocycles. The van der Waals surface area contributed by atoms with Crippen molar-refractivity contribution in [1.29, 1.82) is 0 Å². The highest BCUT2D eigenvalue weighted by atomic mass is 79.9. The summed E-state index contributed by atoms with van der Waals surface area (Å²) in [7, 11) is 0. The highest BCUT2D eigenvalue weighted by molar-refractivity contribution is 9.10. The van der Waals surface area contributed by atoms with Gasteiger partial charge < -0.3 is 20.3 Å². The van der Waals surface area contributed by atoms with E-state index in [1.807, 2.05) is 19.1 Å². The maximum absolute atomic E-state index is 13.4. The Balaban J connectivity index is 1.79. The molecule has 0 aromatic heterocycles. The molecule has 33 heavy (non-hydrogen) atoms. The number of thiocarbonyl (C=S) groups is 1. The van der Waals surface area contributed by atoms with Gasteiger partial charge in [-0.05, 0) is 67.7 Å². The Hall–Kier alpha value is -2.98. The average Bonchev–Trinajstić information content (AvgIpc) is 3.00. The lowest BCUT2D eigenvalue weighted by molar-refractivity contribution is -0.124. The van der Waals surface area contributed by atoms with Gasteiger partial charge in [-0.3, -0.25) is 19.3 Å². The Morgan fingerprint density at radius 1 is 1.12 bits per heavy atom. The summed E-state index contributed by atoms with van der Waals surface area (Å²) in [5.74, 6) is -0.0967. The fraction of sp³-hybridized carbons (Fsp3) is 0.304. The van der Waals surface area contributed by atoms with E-state index in [9.17, 15) is 14.4 Å². The fourth-order valence-electron chi connectivity index (χ4n) is 3.46. The monoisotopic (exact) mass is 532 g/mol. The van der Waals surface area contributed by atoms with Gasteiger partial charge in [-0.2, -0.15) is 0 Å². The van der Waals surface area contributed by atoms with Crippen LogP contribution in [0.2, 0.25) is 0 Å². The van der Waals surface area contributed by atoms with Crippen LogP contribution in [0.15, 0.2) is 53.0 Å². The lowest BCUT2D eigenvalue weighted by Gasteiger charge is -2.24. The summed E-state index contributed by atoms with van der Waals surface area (Å²) in [6.45, 7) is 4.44. The maximum atomic E-state index is 13.4. The van der Waals surface area contributed by atoms with E-state index in [1.54, 1.807) is 41.3 Å². The van der Waals surface area contributed by atoms with Crippen molar-refractivity contribution in [2.24, 2.45) is 0 Å². The number of halogens is 1. The third-order valence-corrected chi connectivity index (χ3v) is 5.90. The van der Waals surface area contributed by atoms with Crippen LogP contribution in [-0.4, -0.2) is 53.5 Å². The molecule has 0 unspecified atom stereocenters. The number of carbonyl (C=O) groups is 3. The quantitative estimate of drug-likeness (QED) is 0.481. The molecule has 0 bridgehead atoms. The SMILES string of the molecule is CCOc1ccc(N2C(=O)[C@H](CC(=O)Nc3ccc(Br)cc3)N(CCNC(C)=O)C2=S)cc1. The third kappa shape index (κ3) is 6.29. The topological polar surface area (TPSA) is 91.0 Å². The molecule has 3 amide bonds. The zero-order chi connectivity index (χ0) is 24.0. The molecule has 0 aliphatic carbocycles. The summed E-state index contributed by atoms with van der Waals surface area (Å²) >= 11 is 8.97. The van der Waals surface area contributed by atoms with Crippen molar-refractivity contribution in [2.45, 2.75) is 26.3 Å². The number of ether oxygens (including phenoxy) is 1. The number of amides is 3. The second kappa shape index (κ2) is 11.2. The number of hydrogen-bond donors (Lipinski definition) is 2. The molecule has 8 nitrogen and oxygen atoms in total. The molecule has 2 N–H and O–H groups in total. The van der Waals surface area contributed by atoms with Gasteiger partial charge in [0, 0.05) is 30.2 Å². The van der Waals surface area contributed by atoms with Crippen LogP contribution in [-0.2, 0) is 14.4 Å². The molecule has 0 radical (unpaired) electrons. The van der Waals surface area contributed by atoms with Crippen LogP contribution in [0.3, 0.4) is 0 Å². The first-order chi connectivity index (χ1) is 15.8. The summed E-state index contributed by atoms with van der Waals surface area (Å²) in [5, 5.41) is 5.81. The predicted molar refractivity (Wildman–Crippen MR) is 134 cm³/mol. The van der Waals surface area contributed by atoms with Crippen molar-refractivity contribution in [1.82, 2.24) is 10.2 Å². The largest absolute Gasteiger partial charge is 0.494 e. The number of nitrogens with zero attached hydrogens (tertiary/aromatic N) is 2. The average molecular weight is 533 g/mol. The standard InChI is InChI=1S/C23H25BrN4O4S/c1-3-32-19-10-8-18(9-11-19)28-22(31)20(27(23(28)33)13-12-25-15(2)29)14-21(30)26-17-6-4-16(24)5-7-17/h4-11,20H,3,12-14H2,1-2H3,(H,25,29)(H,26,30)/t20-/m0/s1. The van der Waals surface area contributed by atoms with Crippen LogP contribution >= 0.6 is 28.1 Å². The number of anilines is 2. The Kier molecular flexibility index (Phi) is 8.40. The first-order valence-corrected chi connectivity index (χ1v) is 11.7. The van der Waals surface area contributed by atoms with E-state index in [4.69, 9.17) is 17.0 Å². The van der Waals surface area contributed by atoms with E-state index < -0.39 is 6.04 Å². The molecule has 10 heteroatoms. The van der Waals surface area contributed by atoms with E-state index in [0.717, 1.165) is 4.47 Å². The lowest BCUT2D eigenvalue weighted by atomic mass is 10.1. The molecule has 174 valence electrons. The van der Waals surface area contributed by atoms with Crippen molar-refractivity contribution in [3.05, 3.63) is 53.0 Å². The molecular formula is C23H25BrN4O4S. The van der Waals surface area contributed by atoms with Crippen molar-refractivity contribution >= 4 is 62.4 Å². The molecule has 1 fully saturated rings. The van der Waals surface area contributed by atoms with E-state index in [1.165, 1.54) is 11.8 Å². The van der Waals surface area contributed by atoms with Gasteiger partial charge in [0.15, 0.2) is 5.11 Å². The zero-order valence-corrected chi connectivity index (χ0v) is 20.7. The van der Waals surface area contributed by atoms with Crippen molar-refractivity contribution in [3.63, 3.8) is 0 Å². The van der Waals surface area contributed by atoms with Crippen LogP contribution < -0.4 is 20.3 Å². The van der Waals surface area contributed by atoms with Gasteiger partial charge in [0.25, 0.3) is 5.91 Å². The zero-order valence-electron chi connectivity index (χ0n) is 18.3. The molecule has 0 spiro atoms. The number of benzene rings is 2. The Bertz CT molecular complexity index is 1030. The molecular weight excluding hydrogens is 508 g/mol. The minimum absolute atomic E-state index is 0.0807. The summed E-state index contributed by atoms with van der Waals surface area (Å²) in [6.07, 6.45) is -0.0807. The summed E-state index contributed by atoms with van der Waals surface area (Å²) < 4.78 is 6.36. The number of hydrogen-bond acceptors (Lipinski definition) is 5. The van der Waals surface area contributed by atoms with E-state index in [-0.39, 0.29) is 29.3 Å². The van der Waals surface area contributed by atoms with Gasteiger partial charge in [-0.1, -0.05) is 15.9 Å². The highest BCUT2D eigenvalue weighted by Gasteiger charge is 2.43. The maximum Gasteiger partial charge on any atom is 0.256 e. The number of nitrogens with one attached hydrogen (secondary N) is 2. The van der Waals surface area contributed by atoms with Crippen molar-refractivity contribution in [2.75, 3.05) is 29.9 Å².